The predicted molar refractivity (Wildman–Crippen MR) is 47.7 cm³/mol. The van der Waals surface area contributed by atoms with Gasteiger partial charge >= 0.3 is 5.97 Å². The Morgan fingerprint density at radius 1 is 1.71 bits per heavy atom. The smallest absolute Gasteiger partial charge is 0.356 e. The molecule has 5 heteroatoms. The third-order valence-corrected chi connectivity index (χ3v) is 3.09. The number of hydrogen-bond acceptors (Lipinski definition) is 5. The highest BCUT2D eigenvalue weighted by Crippen LogP contribution is 2.44. The van der Waals surface area contributed by atoms with Crippen LogP contribution in [0.25, 0.3) is 0 Å². The molecule has 78 valence electrons. The number of nitrogens with zero attached hydrogens (tertiary/aromatic N) is 1. The van der Waals surface area contributed by atoms with Gasteiger partial charge in [-0.15, -0.1) is 0 Å². The van der Waals surface area contributed by atoms with Crippen LogP contribution in [0.4, 0.5) is 0 Å². The molecule has 1 saturated carbocycles. The number of oxime groups is 1. The summed E-state index contributed by atoms with van der Waals surface area (Å²) in [4.78, 5) is 16.7. The molecular formula is C9H13NO4. The Morgan fingerprint density at radius 3 is 3.07 bits per heavy atom. The van der Waals surface area contributed by atoms with E-state index in [1.807, 2.05) is 0 Å². The third-order valence-electron chi connectivity index (χ3n) is 3.09. The van der Waals surface area contributed by atoms with Gasteiger partial charge in [-0.25, -0.2) is 4.79 Å². The lowest BCUT2D eigenvalue weighted by Crippen LogP contribution is -2.51. The van der Waals surface area contributed by atoms with E-state index in [1.165, 1.54) is 7.11 Å². The fraction of sp³-hybridized carbons (Fsp3) is 0.778. The number of carbonyl (C=O) groups is 1. The van der Waals surface area contributed by atoms with Gasteiger partial charge in [0.15, 0.2) is 0 Å². The largest absolute Gasteiger partial charge is 0.466 e. The lowest BCUT2D eigenvalue weighted by atomic mass is 9.87. The lowest BCUT2D eigenvalue weighted by Gasteiger charge is -2.26. The second-order valence-electron chi connectivity index (χ2n) is 3.75. The minimum absolute atomic E-state index is 0.134. The van der Waals surface area contributed by atoms with Crippen molar-refractivity contribution < 1.29 is 19.5 Å². The number of aliphatic hydroxyl groups is 1. The SMILES string of the molecule is COC(=O)C12ON=C(C)C1CCC2O. The molecule has 0 radical (unpaired) electrons. The number of methoxy groups -OCH3 is 1. The first kappa shape index (κ1) is 9.45. The number of hydrogen-bond donors (Lipinski definition) is 1. The zero-order valence-corrected chi connectivity index (χ0v) is 8.19. The van der Waals surface area contributed by atoms with Gasteiger partial charge in [-0.05, 0) is 19.8 Å². The van der Waals surface area contributed by atoms with Crippen molar-refractivity contribution >= 4 is 11.7 Å². The van der Waals surface area contributed by atoms with Crippen LogP contribution in [0, 0.1) is 5.92 Å². The molecule has 2 aliphatic rings. The van der Waals surface area contributed by atoms with Crippen LogP contribution in [-0.4, -0.2) is 35.6 Å². The topological polar surface area (TPSA) is 68.1 Å². The number of esters is 1. The molecule has 0 aromatic carbocycles. The zero-order valence-electron chi connectivity index (χ0n) is 8.19. The minimum atomic E-state index is -1.27. The summed E-state index contributed by atoms with van der Waals surface area (Å²) in [6.07, 6.45) is 0.444. The van der Waals surface area contributed by atoms with E-state index in [0.717, 1.165) is 5.71 Å². The van der Waals surface area contributed by atoms with Gasteiger partial charge in [0, 0.05) is 0 Å². The van der Waals surface area contributed by atoms with Gasteiger partial charge in [-0.2, -0.15) is 0 Å². The fourth-order valence-electron chi connectivity index (χ4n) is 2.32. The van der Waals surface area contributed by atoms with E-state index < -0.39 is 17.7 Å². The molecule has 3 unspecified atom stereocenters. The van der Waals surface area contributed by atoms with Crippen molar-refractivity contribution in [1.29, 1.82) is 0 Å². The number of fused-ring (bicyclic) bond motifs is 1. The van der Waals surface area contributed by atoms with Gasteiger partial charge in [0.2, 0.25) is 0 Å². The zero-order chi connectivity index (χ0) is 10.3. The minimum Gasteiger partial charge on any atom is -0.466 e. The quantitative estimate of drug-likeness (QED) is 0.607. The molecule has 0 spiro atoms. The Bertz CT molecular complexity index is 301. The van der Waals surface area contributed by atoms with Gasteiger partial charge in [0.05, 0.1) is 18.7 Å². The number of ether oxygens (including phenoxy) is 1. The number of aliphatic hydroxyl groups excluding tert-OH is 1. The molecule has 1 aliphatic heterocycles. The van der Waals surface area contributed by atoms with Crippen LogP contribution in [0.5, 0.6) is 0 Å². The molecule has 0 aromatic heterocycles. The van der Waals surface area contributed by atoms with E-state index in [-0.39, 0.29) is 5.92 Å². The highest BCUT2D eigenvalue weighted by atomic mass is 16.7. The molecule has 1 aliphatic carbocycles. The fourth-order valence-corrected chi connectivity index (χ4v) is 2.32. The molecule has 1 N–H and O–H groups in total. The van der Waals surface area contributed by atoms with Crippen molar-refractivity contribution in [2.75, 3.05) is 7.11 Å². The van der Waals surface area contributed by atoms with Crippen molar-refractivity contribution in [2.45, 2.75) is 31.5 Å². The maximum atomic E-state index is 11.6. The van der Waals surface area contributed by atoms with Crippen LogP contribution in [0.2, 0.25) is 0 Å². The van der Waals surface area contributed by atoms with E-state index in [1.54, 1.807) is 6.92 Å². The first-order valence-corrected chi connectivity index (χ1v) is 4.62. The van der Waals surface area contributed by atoms with Gasteiger partial charge in [-0.1, -0.05) is 5.16 Å². The third kappa shape index (κ3) is 0.930. The van der Waals surface area contributed by atoms with Gasteiger partial charge < -0.3 is 14.7 Å². The number of rotatable bonds is 1. The van der Waals surface area contributed by atoms with Crippen LogP contribution < -0.4 is 0 Å². The Morgan fingerprint density at radius 2 is 2.43 bits per heavy atom. The molecule has 0 aromatic rings. The summed E-state index contributed by atoms with van der Waals surface area (Å²) < 4.78 is 4.66. The van der Waals surface area contributed by atoms with Crippen molar-refractivity contribution in [3.8, 4) is 0 Å². The Balaban J connectivity index is 2.36. The molecule has 0 amide bonds. The standard InChI is InChI=1S/C9H13NO4/c1-5-6-3-4-7(11)9(6,14-10-5)8(12)13-2/h6-7,11H,3-4H2,1-2H3. The van der Waals surface area contributed by atoms with Crippen molar-refractivity contribution in [3.05, 3.63) is 0 Å². The lowest BCUT2D eigenvalue weighted by molar-refractivity contribution is -0.181. The Hall–Kier alpha value is -1.10. The van der Waals surface area contributed by atoms with Crippen molar-refractivity contribution in [2.24, 2.45) is 11.1 Å². The highest BCUT2D eigenvalue weighted by molar-refractivity contribution is 5.95. The Kier molecular flexibility index (Phi) is 1.99. The van der Waals surface area contributed by atoms with E-state index in [0.29, 0.717) is 12.8 Å². The van der Waals surface area contributed by atoms with Crippen LogP contribution in [0.3, 0.4) is 0 Å². The molecule has 5 nitrogen and oxygen atoms in total. The monoisotopic (exact) mass is 199 g/mol. The van der Waals surface area contributed by atoms with Crippen molar-refractivity contribution in [3.63, 3.8) is 0 Å². The average molecular weight is 199 g/mol. The van der Waals surface area contributed by atoms with Gasteiger partial charge in [0.1, 0.15) is 6.10 Å². The highest BCUT2D eigenvalue weighted by Gasteiger charge is 2.63. The van der Waals surface area contributed by atoms with Gasteiger partial charge in [0.25, 0.3) is 5.60 Å². The summed E-state index contributed by atoms with van der Waals surface area (Å²) >= 11 is 0. The summed E-state index contributed by atoms with van der Waals surface area (Å²) in [5.41, 5.74) is -0.509. The predicted octanol–water partition coefficient (Wildman–Crippen LogP) is 0.0752. The summed E-state index contributed by atoms with van der Waals surface area (Å²) in [6, 6.07) is 0. The molecule has 0 bridgehead atoms. The van der Waals surface area contributed by atoms with Crippen LogP contribution in [0.15, 0.2) is 5.16 Å². The molecule has 1 fully saturated rings. The van der Waals surface area contributed by atoms with Crippen LogP contribution in [-0.2, 0) is 14.4 Å². The normalized spacial score (nSPS) is 40.1. The molecule has 3 atom stereocenters. The van der Waals surface area contributed by atoms with E-state index in [9.17, 15) is 9.90 Å². The molecular weight excluding hydrogens is 186 g/mol. The van der Waals surface area contributed by atoms with E-state index in [2.05, 4.69) is 9.89 Å². The Labute approximate surface area is 81.7 Å². The average Bonchev–Trinajstić information content (AvgIpc) is 2.68. The maximum Gasteiger partial charge on any atom is 0.356 e. The summed E-state index contributed by atoms with van der Waals surface area (Å²) in [5.74, 6) is -0.668. The second kappa shape index (κ2) is 2.95. The molecule has 1 heterocycles. The van der Waals surface area contributed by atoms with Gasteiger partial charge in [-0.3, -0.25) is 0 Å². The van der Waals surface area contributed by atoms with Crippen LogP contribution >= 0.6 is 0 Å². The first-order chi connectivity index (χ1) is 6.63. The number of carbonyl (C=O) groups excluding carboxylic acids is 1. The van der Waals surface area contributed by atoms with Crippen LogP contribution in [0.1, 0.15) is 19.8 Å². The molecule has 2 rings (SSSR count). The summed E-state index contributed by atoms with van der Waals surface area (Å²) in [5, 5.41) is 13.5. The van der Waals surface area contributed by atoms with E-state index >= 15 is 0 Å². The van der Waals surface area contributed by atoms with E-state index in [4.69, 9.17) is 4.84 Å². The summed E-state index contributed by atoms with van der Waals surface area (Å²) in [6.45, 7) is 1.80. The van der Waals surface area contributed by atoms with Crippen molar-refractivity contribution in [1.82, 2.24) is 0 Å². The summed E-state index contributed by atoms with van der Waals surface area (Å²) in [7, 11) is 1.29. The maximum absolute atomic E-state index is 11.6. The second-order valence-corrected chi connectivity index (χ2v) is 3.75. The molecule has 14 heavy (non-hydrogen) atoms. The first-order valence-electron chi connectivity index (χ1n) is 4.62. The molecule has 0 saturated heterocycles.